The Hall–Kier alpha value is -2.53. The molecule has 0 heterocycles. The van der Waals surface area contributed by atoms with E-state index in [1.54, 1.807) is 30.3 Å². The van der Waals surface area contributed by atoms with E-state index in [4.69, 9.17) is 20.9 Å². The molecule has 21 heavy (non-hydrogen) atoms. The molecule has 0 spiro atoms. The van der Waals surface area contributed by atoms with Gasteiger partial charge in [-0.15, -0.1) is 0 Å². The Morgan fingerprint density at radius 1 is 1.05 bits per heavy atom. The number of carbonyl (C=O) groups is 1. The summed E-state index contributed by atoms with van der Waals surface area (Å²) < 4.78 is 10.4. The second-order valence-corrected chi connectivity index (χ2v) is 4.47. The molecule has 0 saturated heterocycles. The van der Waals surface area contributed by atoms with Crippen molar-refractivity contribution in [2.24, 2.45) is 5.73 Å². The van der Waals surface area contributed by atoms with Gasteiger partial charge in [-0.3, -0.25) is 5.73 Å². The smallest absolute Gasteiger partial charge is 0.362 e. The Morgan fingerprint density at radius 2 is 1.71 bits per heavy atom. The number of carbonyl (C=O) groups excluding carboxylic acids is 1. The summed E-state index contributed by atoms with van der Waals surface area (Å²) in [4.78, 5) is 11.7. The van der Waals surface area contributed by atoms with Crippen LogP contribution in [0, 0.1) is 0 Å². The zero-order valence-corrected chi connectivity index (χ0v) is 11.6. The molecule has 2 aromatic rings. The maximum absolute atomic E-state index is 11.7. The van der Waals surface area contributed by atoms with E-state index in [2.05, 4.69) is 0 Å². The first kappa shape index (κ1) is 14.9. The molecule has 4 N–H and O–H groups in total. The summed E-state index contributed by atoms with van der Waals surface area (Å²) in [5, 5.41) is 0. The standard InChI is InChI=1S/C16H18N2O3/c17-14-9-5-4-6-12(14)10-11-20-16(19)15(18)21-13-7-2-1-3-8-13/h1-9,15H,10-11,17-18H2. The second-order valence-electron chi connectivity index (χ2n) is 4.47. The van der Waals surface area contributed by atoms with Crippen LogP contribution >= 0.6 is 0 Å². The molecule has 2 rings (SSSR count). The van der Waals surface area contributed by atoms with Gasteiger partial charge in [0, 0.05) is 12.1 Å². The van der Waals surface area contributed by atoms with Crippen molar-refractivity contribution in [1.29, 1.82) is 0 Å². The van der Waals surface area contributed by atoms with Gasteiger partial charge in [0.05, 0.1) is 6.61 Å². The van der Waals surface area contributed by atoms with Crippen LogP contribution in [0.25, 0.3) is 0 Å². The number of benzene rings is 2. The maximum atomic E-state index is 11.7. The average molecular weight is 286 g/mol. The van der Waals surface area contributed by atoms with Gasteiger partial charge in [0.1, 0.15) is 5.75 Å². The number of hydrogen-bond acceptors (Lipinski definition) is 5. The van der Waals surface area contributed by atoms with Crippen LogP contribution in [0.1, 0.15) is 5.56 Å². The van der Waals surface area contributed by atoms with Crippen LogP contribution in [-0.2, 0) is 16.0 Å². The predicted octanol–water partition coefficient (Wildman–Crippen LogP) is 1.72. The molecule has 0 aliphatic rings. The molecular formula is C16H18N2O3. The van der Waals surface area contributed by atoms with Crippen LogP contribution in [0.5, 0.6) is 5.75 Å². The fourth-order valence-electron chi connectivity index (χ4n) is 1.80. The number of nitrogens with two attached hydrogens (primary N) is 2. The van der Waals surface area contributed by atoms with E-state index in [1.165, 1.54) is 0 Å². The zero-order valence-electron chi connectivity index (χ0n) is 11.6. The maximum Gasteiger partial charge on any atom is 0.362 e. The van der Waals surface area contributed by atoms with E-state index < -0.39 is 12.2 Å². The van der Waals surface area contributed by atoms with Gasteiger partial charge in [0.2, 0.25) is 6.23 Å². The van der Waals surface area contributed by atoms with Crippen molar-refractivity contribution in [3.63, 3.8) is 0 Å². The fraction of sp³-hybridized carbons (Fsp3) is 0.188. The van der Waals surface area contributed by atoms with Crippen molar-refractivity contribution < 1.29 is 14.3 Å². The molecule has 0 radical (unpaired) electrons. The predicted molar refractivity (Wildman–Crippen MR) is 80.6 cm³/mol. The third-order valence-electron chi connectivity index (χ3n) is 2.91. The topological polar surface area (TPSA) is 87.6 Å². The molecule has 0 aromatic heterocycles. The molecule has 2 aromatic carbocycles. The van der Waals surface area contributed by atoms with Gasteiger partial charge >= 0.3 is 5.97 Å². The van der Waals surface area contributed by atoms with Crippen molar-refractivity contribution in [1.82, 2.24) is 0 Å². The Labute approximate surface area is 123 Å². The van der Waals surface area contributed by atoms with E-state index in [1.807, 2.05) is 24.3 Å². The quantitative estimate of drug-likeness (QED) is 0.479. The molecule has 5 nitrogen and oxygen atoms in total. The largest absolute Gasteiger partial charge is 0.464 e. The third kappa shape index (κ3) is 4.50. The Kier molecular flexibility index (Phi) is 5.17. The summed E-state index contributed by atoms with van der Waals surface area (Å²) in [5.74, 6) is -0.0809. The number of esters is 1. The monoisotopic (exact) mass is 286 g/mol. The number of hydrogen-bond donors (Lipinski definition) is 2. The van der Waals surface area contributed by atoms with Crippen molar-refractivity contribution in [2.45, 2.75) is 12.6 Å². The molecular weight excluding hydrogens is 268 g/mol. The van der Waals surface area contributed by atoms with Gasteiger partial charge < -0.3 is 15.2 Å². The molecule has 0 bridgehead atoms. The van der Waals surface area contributed by atoms with Crippen LogP contribution in [0.15, 0.2) is 54.6 Å². The zero-order chi connectivity index (χ0) is 15.1. The van der Waals surface area contributed by atoms with Gasteiger partial charge in [-0.05, 0) is 23.8 Å². The summed E-state index contributed by atoms with van der Waals surface area (Å²) in [6, 6.07) is 16.3. The summed E-state index contributed by atoms with van der Waals surface area (Å²) in [7, 11) is 0. The van der Waals surface area contributed by atoms with Crippen molar-refractivity contribution in [2.75, 3.05) is 12.3 Å². The highest BCUT2D eigenvalue weighted by Crippen LogP contribution is 2.12. The van der Waals surface area contributed by atoms with Gasteiger partial charge in [0.15, 0.2) is 0 Å². The number of anilines is 1. The van der Waals surface area contributed by atoms with E-state index in [-0.39, 0.29) is 6.61 Å². The Morgan fingerprint density at radius 3 is 2.43 bits per heavy atom. The number of para-hydroxylation sites is 2. The van der Waals surface area contributed by atoms with Crippen LogP contribution < -0.4 is 16.2 Å². The van der Waals surface area contributed by atoms with E-state index in [0.717, 1.165) is 5.56 Å². The number of ether oxygens (including phenoxy) is 2. The molecule has 1 atom stereocenters. The fourth-order valence-corrected chi connectivity index (χ4v) is 1.80. The van der Waals surface area contributed by atoms with Gasteiger partial charge in [-0.1, -0.05) is 36.4 Å². The van der Waals surface area contributed by atoms with Gasteiger partial charge in [-0.25, -0.2) is 4.79 Å². The van der Waals surface area contributed by atoms with Crippen LogP contribution in [0.2, 0.25) is 0 Å². The highest BCUT2D eigenvalue weighted by Gasteiger charge is 2.16. The normalized spacial score (nSPS) is 11.7. The molecule has 0 amide bonds. The minimum absolute atomic E-state index is 0.207. The summed E-state index contributed by atoms with van der Waals surface area (Å²) in [6.07, 6.45) is -0.600. The van der Waals surface area contributed by atoms with Crippen LogP contribution in [0.3, 0.4) is 0 Å². The number of rotatable bonds is 6. The van der Waals surface area contributed by atoms with E-state index >= 15 is 0 Å². The summed E-state index contributed by atoms with van der Waals surface area (Å²) in [6.45, 7) is 0.207. The van der Waals surface area contributed by atoms with Gasteiger partial charge in [-0.2, -0.15) is 0 Å². The third-order valence-corrected chi connectivity index (χ3v) is 2.91. The lowest BCUT2D eigenvalue weighted by atomic mass is 10.1. The number of nitrogen functional groups attached to an aromatic ring is 1. The first-order chi connectivity index (χ1) is 10.2. The summed E-state index contributed by atoms with van der Waals surface area (Å²) in [5.41, 5.74) is 13.1. The first-order valence-electron chi connectivity index (χ1n) is 6.64. The van der Waals surface area contributed by atoms with Gasteiger partial charge in [0.25, 0.3) is 0 Å². The molecule has 0 fully saturated rings. The Bertz CT molecular complexity index is 587. The first-order valence-corrected chi connectivity index (χ1v) is 6.64. The van der Waals surface area contributed by atoms with Crippen LogP contribution in [-0.4, -0.2) is 18.8 Å². The Balaban J connectivity index is 1.78. The highest BCUT2D eigenvalue weighted by molar-refractivity contribution is 5.74. The average Bonchev–Trinajstić information content (AvgIpc) is 2.50. The molecule has 0 saturated carbocycles. The molecule has 0 aliphatic carbocycles. The molecule has 0 aliphatic heterocycles. The van der Waals surface area contributed by atoms with Crippen LogP contribution in [0.4, 0.5) is 5.69 Å². The molecule has 110 valence electrons. The molecule has 1 unspecified atom stereocenters. The van der Waals surface area contributed by atoms with Crippen molar-refractivity contribution in [3.8, 4) is 5.75 Å². The minimum Gasteiger partial charge on any atom is -0.464 e. The van der Waals surface area contributed by atoms with Crippen molar-refractivity contribution in [3.05, 3.63) is 60.2 Å². The SMILES string of the molecule is Nc1ccccc1CCOC(=O)C(N)Oc1ccccc1. The van der Waals surface area contributed by atoms with Crippen molar-refractivity contribution >= 4 is 11.7 Å². The van der Waals surface area contributed by atoms with E-state index in [0.29, 0.717) is 17.9 Å². The minimum atomic E-state index is -1.14. The van der Waals surface area contributed by atoms with E-state index in [9.17, 15) is 4.79 Å². The molecule has 5 heteroatoms. The highest BCUT2D eigenvalue weighted by atomic mass is 16.6. The lowest BCUT2D eigenvalue weighted by molar-refractivity contribution is -0.151. The lowest BCUT2D eigenvalue weighted by Crippen LogP contribution is -2.38. The summed E-state index contributed by atoms with van der Waals surface area (Å²) >= 11 is 0. The lowest BCUT2D eigenvalue weighted by Gasteiger charge is -2.14. The second kappa shape index (κ2) is 7.31.